The van der Waals surface area contributed by atoms with E-state index in [1.165, 1.54) is 31.4 Å². The fourth-order valence-electron chi connectivity index (χ4n) is 3.88. The molecule has 0 heterocycles. The van der Waals surface area contributed by atoms with E-state index >= 15 is 0 Å². The van der Waals surface area contributed by atoms with Crippen LogP contribution in [0.1, 0.15) is 17.2 Å². The van der Waals surface area contributed by atoms with E-state index in [1.807, 2.05) is 24.3 Å². The first-order chi connectivity index (χ1) is 14.4. The molecule has 8 heteroatoms. The van der Waals surface area contributed by atoms with Crippen LogP contribution in [-0.4, -0.2) is 33.7 Å². The van der Waals surface area contributed by atoms with Gasteiger partial charge < -0.3 is 4.74 Å². The summed E-state index contributed by atoms with van der Waals surface area (Å²) in [6.45, 7) is 0. The number of ether oxygens (including phenoxy) is 1. The summed E-state index contributed by atoms with van der Waals surface area (Å²) in [7, 11) is -7.31. The summed E-state index contributed by atoms with van der Waals surface area (Å²) in [4.78, 5) is -0.175. The number of benzene rings is 3. The van der Waals surface area contributed by atoms with E-state index in [-0.39, 0.29) is 16.2 Å². The number of hydrogen-bond acceptors (Lipinski definition) is 5. The molecular formula is C22H21NO5S2. The predicted molar refractivity (Wildman–Crippen MR) is 113 cm³/mol. The average Bonchev–Trinajstić information content (AvgIpc) is 3.12. The third-order valence-corrected chi connectivity index (χ3v) is 9.62. The van der Waals surface area contributed by atoms with Crippen LogP contribution < -0.4 is 0 Å². The van der Waals surface area contributed by atoms with Gasteiger partial charge in [-0.2, -0.15) is 0 Å². The Hall–Kier alpha value is -2.52. The smallest absolute Gasteiger partial charge is 0.256 e. The summed E-state index contributed by atoms with van der Waals surface area (Å²) in [5.41, 5.74) is 1.66. The van der Waals surface area contributed by atoms with Crippen molar-refractivity contribution in [3.8, 4) is 0 Å². The summed E-state index contributed by atoms with van der Waals surface area (Å²) < 4.78 is 60.8. The maximum Gasteiger partial charge on any atom is 0.256 e. The predicted octanol–water partition coefficient (Wildman–Crippen LogP) is 3.38. The lowest BCUT2D eigenvalue weighted by Gasteiger charge is -2.31. The van der Waals surface area contributed by atoms with Crippen LogP contribution in [0.2, 0.25) is 0 Å². The molecule has 3 aromatic carbocycles. The fraction of sp³-hybridized carbons (Fsp3) is 0.182. The Bertz CT molecular complexity index is 1170. The summed E-state index contributed by atoms with van der Waals surface area (Å²) in [6, 6.07) is 21.6. The Kier molecular flexibility index (Phi) is 5.50. The Labute approximate surface area is 176 Å². The van der Waals surface area contributed by atoms with Crippen molar-refractivity contribution in [2.24, 2.45) is 0 Å². The van der Waals surface area contributed by atoms with Crippen LogP contribution in [0.5, 0.6) is 0 Å². The minimum absolute atomic E-state index is 0.0877. The number of fused-ring (bicyclic) bond motifs is 1. The zero-order valence-electron chi connectivity index (χ0n) is 16.2. The Morgan fingerprint density at radius 2 is 1.20 bits per heavy atom. The molecule has 0 saturated carbocycles. The SMILES string of the molecule is CO[C@@H]1c2ccccc2C[C@H]1N(S(=O)(=O)c1ccccc1)S(=O)(=O)c1ccccc1. The lowest BCUT2D eigenvalue weighted by molar-refractivity contribution is 0.0691. The molecule has 6 nitrogen and oxygen atoms in total. The van der Waals surface area contributed by atoms with Crippen molar-refractivity contribution in [3.63, 3.8) is 0 Å². The molecule has 156 valence electrons. The van der Waals surface area contributed by atoms with Crippen molar-refractivity contribution < 1.29 is 21.6 Å². The minimum Gasteiger partial charge on any atom is -0.375 e. The molecule has 0 N–H and O–H groups in total. The highest BCUT2D eigenvalue weighted by Crippen LogP contribution is 2.41. The molecule has 0 bridgehead atoms. The van der Waals surface area contributed by atoms with Gasteiger partial charge in [0.2, 0.25) is 0 Å². The molecule has 0 aliphatic heterocycles. The van der Waals surface area contributed by atoms with Gasteiger partial charge in [0, 0.05) is 7.11 Å². The molecule has 0 aromatic heterocycles. The van der Waals surface area contributed by atoms with Crippen LogP contribution in [0.15, 0.2) is 94.7 Å². The first kappa shape index (κ1) is 20.7. The van der Waals surface area contributed by atoms with Gasteiger partial charge in [0.05, 0.1) is 15.8 Å². The molecule has 1 aliphatic rings. The topological polar surface area (TPSA) is 80.8 Å². The van der Waals surface area contributed by atoms with Crippen molar-refractivity contribution in [3.05, 3.63) is 96.1 Å². The van der Waals surface area contributed by atoms with Crippen LogP contribution in [0, 0.1) is 0 Å². The van der Waals surface area contributed by atoms with Gasteiger partial charge in [0.15, 0.2) is 0 Å². The number of rotatable bonds is 6. The second-order valence-electron chi connectivity index (χ2n) is 6.99. The van der Waals surface area contributed by atoms with E-state index in [4.69, 9.17) is 4.74 Å². The molecular weight excluding hydrogens is 422 g/mol. The Balaban J connectivity index is 1.92. The maximum atomic E-state index is 13.6. The van der Waals surface area contributed by atoms with E-state index in [0.717, 1.165) is 11.1 Å². The minimum atomic E-state index is -4.39. The molecule has 3 aromatic rings. The molecule has 0 amide bonds. The van der Waals surface area contributed by atoms with E-state index in [9.17, 15) is 16.8 Å². The molecule has 0 unspecified atom stereocenters. The first-order valence-electron chi connectivity index (χ1n) is 9.37. The molecule has 0 saturated heterocycles. The number of methoxy groups -OCH3 is 1. The molecule has 0 fully saturated rings. The quantitative estimate of drug-likeness (QED) is 0.583. The zero-order chi connectivity index (χ0) is 21.4. The van der Waals surface area contributed by atoms with E-state index in [1.54, 1.807) is 36.4 Å². The van der Waals surface area contributed by atoms with Crippen LogP contribution in [0.25, 0.3) is 0 Å². The van der Waals surface area contributed by atoms with Gasteiger partial charge in [0.25, 0.3) is 20.0 Å². The monoisotopic (exact) mass is 443 g/mol. The van der Waals surface area contributed by atoms with E-state index < -0.39 is 32.2 Å². The summed E-state index contributed by atoms with van der Waals surface area (Å²) in [6.07, 6.45) is -0.481. The Morgan fingerprint density at radius 3 is 1.70 bits per heavy atom. The van der Waals surface area contributed by atoms with Gasteiger partial charge in [-0.1, -0.05) is 64.4 Å². The average molecular weight is 444 g/mol. The fourth-order valence-corrected chi connectivity index (χ4v) is 7.94. The van der Waals surface area contributed by atoms with Crippen LogP contribution in [0.3, 0.4) is 0 Å². The molecule has 0 radical (unpaired) electrons. The third kappa shape index (κ3) is 3.45. The second-order valence-corrected chi connectivity index (χ2v) is 10.8. The van der Waals surface area contributed by atoms with Crippen molar-refractivity contribution in [2.45, 2.75) is 28.4 Å². The highest BCUT2D eigenvalue weighted by Gasteiger charge is 2.48. The summed E-state index contributed by atoms with van der Waals surface area (Å²) >= 11 is 0. The Morgan fingerprint density at radius 1 is 0.733 bits per heavy atom. The lowest BCUT2D eigenvalue weighted by atomic mass is 10.1. The van der Waals surface area contributed by atoms with Gasteiger partial charge in [-0.3, -0.25) is 0 Å². The van der Waals surface area contributed by atoms with Crippen molar-refractivity contribution in [1.29, 1.82) is 0 Å². The largest absolute Gasteiger partial charge is 0.375 e. The van der Waals surface area contributed by atoms with Crippen LogP contribution >= 0.6 is 0 Å². The van der Waals surface area contributed by atoms with Crippen molar-refractivity contribution in [2.75, 3.05) is 7.11 Å². The zero-order valence-corrected chi connectivity index (χ0v) is 17.9. The van der Waals surface area contributed by atoms with E-state index in [2.05, 4.69) is 0 Å². The molecule has 4 rings (SSSR count). The highest BCUT2D eigenvalue weighted by atomic mass is 32.3. The lowest BCUT2D eigenvalue weighted by Crippen LogP contribution is -2.46. The highest BCUT2D eigenvalue weighted by molar-refractivity contribution is 8.04. The molecule has 2 atom stereocenters. The maximum absolute atomic E-state index is 13.6. The number of hydrogen-bond donors (Lipinski definition) is 0. The second kappa shape index (κ2) is 7.96. The van der Waals surface area contributed by atoms with Gasteiger partial charge >= 0.3 is 0 Å². The molecule has 1 aliphatic carbocycles. The van der Waals surface area contributed by atoms with Gasteiger partial charge in [0.1, 0.15) is 6.10 Å². The first-order valence-corrected chi connectivity index (χ1v) is 12.3. The van der Waals surface area contributed by atoms with Crippen molar-refractivity contribution in [1.82, 2.24) is 3.71 Å². The normalized spacial score (nSPS) is 19.0. The molecule has 30 heavy (non-hydrogen) atoms. The number of nitrogens with zero attached hydrogens (tertiary/aromatic N) is 1. The van der Waals surface area contributed by atoms with Gasteiger partial charge in [-0.05, 0) is 41.8 Å². The number of sulfonamides is 2. The summed E-state index contributed by atoms with van der Waals surface area (Å²) in [5.74, 6) is 0. The molecule has 0 spiro atoms. The van der Waals surface area contributed by atoms with Gasteiger partial charge in [-0.15, -0.1) is 0 Å². The van der Waals surface area contributed by atoms with E-state index in [0.29, 0.717) is 3.71 Å². The summed E-state index contributed by atoms with van der Waals surface area (Å²) in [5, 5.41) is 0. The van der Waals surface area contributed by atoms with Crippen molar-refractivity contribution >= 4 is 20.0 Å². The third-order valence-electron chi connectivity index (χ3n) is 5.22. The van der Waals surface area contributed by atoms with Crippen LogP contribution in [-0.2, 0) is 31.2 Å². The van der Waals surface area contributed by atoms with Gasteiger partial charge in [-0.25, -0.2) is 16.8 Å². The van der Waals surface area contributed by atoms with Crippen LogP contribution in [0.4, 0.5) is 0 Å². The standard InChI is InChI=1S/C22H21NO5S2/c1-28-22-20-15-9-8-10-17(20)16-21(22)23(29(24,25)18-11-4-2-5-12-18)30(26,27)19-13-6-3-7-14-19/h2-15,21-22H,16H2,1H3/t21-,22-/m1/s1.